The number of amides is 1. The number of carbonyl (C=O) groups excluding carboxylic acids is 1. The van der Waals surface area contributed by atoms with Crippen LogP contribution in [-0.4, -0.2) is 55.0 Å². The van der Waals surface area contributed by atoms with Crippen molar-refractivity contribution in [2.24, 2.45) is 17.6 Å². The molecule has 0 fully saturated rings. The van der Waals surface area contributed by atoms with Gasteiger partial charge in [0.1, 0.15) is 0 Å². The summed E-state index contributed by atoms with van der Waals surface area (Å²) >= 11 is 0. The Morgan fingerprint density at radius 1 is 1.03 bits per heavy atom. The van der Waals surface area contributed by atoms with Crippen molar-refractivity contribution in [1.29, 1.82) is 0 Å². The average Bonchev–Trinajstić information content (AvgIpc) is 2.82. The summed E-state index contributed by atoms with van der Waals surface area (Å²) in [5.41, 5.74) is 7.05. The number of sulfonamides is 1. The number of aliphatic hydroxyl groups is 1. The van der Waals surface area contributed by atoms with Gasteiger partial charge >= 0.3 is 0 Å². The summed E-state index contributed by atoms with van der Waals surface area (Å²) in [6.45, 7) is 7.82. The van der Waals surface area contributed by atoms with Gasteiger partial charge in [0.05, 0.1) is 23.1 Å². The van der Waals surface area contributed by atoms with E-state index in [0.717, 1.165) is 12.0 Å². The van der Waals surface area contributed by atoms with E-state index in [1.807, 2.05) is 58.0 Å². The minimum atomic E-state index is -3.82. The van der Waals surface area contributed by atoms with Crippen LogP contribution in [0, 0.1) is 11.8 Å². The maximum atomic E-state index is 13.4. The van der Waals surface area contributed by atoms with Gasteiger partial charge in [-0.15, -0.1) is 0 Å². The molecule has 4 N–H and O–H groups in total. The van der Waals surface area contributed by atoms with E-state index < -0.39 is 28.2 Å². The second kappa shape index (κ2) is 13.0. The van der Waals surface area contributed by atoms with E-state index in [4.69, 9.17) is 5.73 Å². The number of aliphatic hydroxyl groups excluding tert-OH is 1. The predicted octanol–water partition coefficient (Wildman–Crippen LogP) is 3.04. The fourth-order valence-electron chi connectivity index (χ4n) is 3.70. The maximum Gasteiger partial charge on any atom is 0.243 e. The molecule has 0 aliphatic rings. The van der Waals surface area contributed by atoms with Crippen LogP contribution in [0.1, 0.15) is 41.1 Å². The number of carbonyl (C=O) groups is 1. The topological polar surface area (TPSA) is 113 Å². The normalized spacial score (nSPS) is 15.6. The number of nitrogens with one attached hydrogen (secondary N) is 1. The molecule has 2 aromatic carbocycles. The van der Waals surface area contributed by atoms with Crippen LogP contribution in [0.5, 0.6) is 0 Å². The van der Waals surface area contributed by atoms with Crippen LogP contribution in [-0.2, 0) is 21.2 Å². The Morgan fingerprint density at radius 3 is 2.12 bits per heavy atom. The van der Waals surface area contributed by atoms with Crippen LogP contribution < -0.4 is 11.1 Å². The molecule has 0 aromatic heterocycles. The molecule has 8 heteroatoms. The summed E-state index contributed by atoms with van der Waals surface area (Å²) in [6, 6.07) is 16.3. The van der Waals surface area contributed by atoms with Crippen molar-refractivity contribution in [3.8, 4) is 0 Å². The van der Waals surface area contributed by atoms with Crippen LogP contribution in [0.3, 0.4) is 0 Å². The maximum absolute atomic E-state index is 13.4. The first-order chi connectivity index (χ1) is 16.1. The molecule has 0 aliphatic heterocycles. The van der Waals surface area contributed by atoms with Gasteiger partial charge in [-0.25, -0.2) is 8.42 Å². The molecule has 7 nitrogen and oxygen atoms in total. The van der Waals surface area contributed by atoms with Gasteiger partial charge in [-0.2, -0.15) is 4.31 Å². The zero-order valence-corrected chi connectivity index (χ0v) is 21.4. The number of hydrogen-bond donors (Lipinski definition) is 3. The fraction of sp³-hybridized carbons (Fsp3) is 0.500. The molecule has 4 atom stereocenters. The summed E-state index contributed by atoms with van der Waals surface area (Å²) < 4.78 is 28.0. The number of benzene rings is 2. The zero-order valence-electron chi connectivity index (χ0n) is 20.6. The Bertz CT molecular complexity index is 990. The van der Waals surface area contributed by atoms with Crippen LogP contribution in [0.2, 0.25) is 0 Å². The molecule has 0 saturated carbocycles. The van der Waals surface area contributed by atoms with Gasteiger partial charge in [-0.3, -0.25) is 4.79 Å². The lowest BCUT2D eigenvalue weighted by atomic mass is 9.97. The summed E-state index contributed by atoms with van der Waals surface area (Å²) in [7, 11) is -3.82. The molecule has 1 amide bonds. The molecule has 0 spiro atoms. The third-order valence-electron chi connectivity index (χ3n) is 5.99. The Hall–Kier alpha value is -2.26. The van der Waals surface area contributed by atoms with Crippen molar-refractivity contribution < 1.29 is 19.7 Å². The van der Waals surface area contributed by atoms with E-state index in [9.17, 15) is 18.3 Å². The zero-order chi connectivity index (χ0) is 25.3. The van der Waals surface area contributed by atoms with Gasteiger partial charge in [-0.1, -0.05) is 82.6 Å². The highest BCUT2D eigenvalue weighted by Crippen LogP contribution is 2.19. The highest BCUT2D eigenvalue weighted by molar-refractivity contribution is 7.89. The first-order valence-electron chi connectivity index (χ1n) is 11.9. The number of nitrogens with zero attached hydrogens (tertiary/aromatic N) is 1. The lowest BCUT2D eigenvalue weighted by Crippen LogP contribution is -2.55. The van der Waals surface area contributed by atoms with Crippen molar-refractivity contribution >= 4 is 15.9 Å². The van der Waals surface area contributed by atoms with Crippen LogP contribution in [0.25, 0.3) is 0 Å². The lowest BCUT2D eigenvalue weighted by Gasteiger charge is -2.31. The van der Waals surface area contributed by atoms with Crippen molar-refractivity contribution in [2.45, 2.75) is 63.6 Å². The average molecular weight is 492 g/mol. The number of rotatable bonds is 13. The molecule has 0 aliphatic carbocycles. The molecule has 0 saturated heterocycles. The van der Waals surface area contributed by atoms with E-state index in [1.54, 1.807) is 30.3 Å². The molecule has 34 heavy (non-hydrogen) atoms. The van der Waals surface area contributed by atoms with Crippen LogP contribution >= 0.6 is 0 Å². The van der Waals surface area contributed by atoms with E-state index in [1.165, 1.54) is 4.31 Å². The fourth-order valence-corrected chi connectivity index (χ4v) is 5.34. The van der Waals surface area contributed by atoms with E-state index >= 15 is 0 Å². The molecule has 1 unspecified atom stereocenters. The Balaban J connectivity index is 0.00000612. The van der Waals surface area contributed by atoms with Gasteiger partial charge in [0.2, 0.25) is 15.9 Å². The van der Waals surface area contributed by atoms with Gasteiger partial charge in [0.25, 0.3) is 0 Å². The van der Waals surface area contributed by atoms with Gasteiger partial charge in [-0.05, 0) is 36.0 Å². The Labute approximate surface area is 205 Å². The van der Waals surface area contributed by atoms with Gasteiger partial charge < -0.3 is 16.2 Å². The van der Waals surface area contributed by atoms with Gasteiger partial charge in [0, 0.05) is 14.5 Å². The van der Waals surface area contributed by atoms with Crippen LogP contribution in [0.15, 0.2) is 65.6 Å². The highest BCUT2D eigenvalue weighted by atomic mass is 32.2. The molecular weight excluding hydrogens is 450 g/mol. The minimum absolute atomic E-state index is 0. The second-order valence-electron chi connectivity index (χ2n) is 9.31. The Kier molecular flexibility index (Phi) is 10.7. The molecule has 190 valence electrons. The van der Waals surface area contributed by atoms with Crippen molar-refractivity contribution in [1.82, 2.24) is 9.62 Å². The van der Waals surface area contributed by atoms with E-state index in [0.29, 0.717) is 6.42 Å². The van der Waals surface area contributed by atoms with E-state index in [2.05, 4.69) is 5.32 Å². The monoisotopic (exact) mass is 491 g/mol. The van der Waals surface area contributed by atoms with Crippen molar-refractivity contribution in [3.05, 3.63) is 66.2 Å². The lowest BCUT2D eigenvalue weighted by molar-refractivity contribution is -0.125. The predicted molar refractivity (Wildman–Crippen MR) is 138 cm³/mol. The first-order valence-corrected chi connectivity index (χ1v) is 13.3. The molecule has 0 bridgehead atoms. The third-order valence-corrected chi connectivity index (χ3v) is 7.84. The molecular formula is C26H41N3O4S. The minimum Gasteiger partial charge on any atom is -0.390 e. The second-order valence-corrected chi connectivity index (χ2v) is 11.3. The molecule has 0 radical (unpaired) electrons. The number of nitrogens with two attached hydrogens (primary N) is 1. The molecule has 2 rings (SSSR count). The number of hydrogen-bond acceptors (Lipinski definition) is 5. The molecule has 2 aromatic rings. The van der Waals surface area contributed by atoms with E-state index in [-0.39, 0.29) is 37.2 Å². The summed E-state index contributed by atoms with van der Waals surface area (Å²) in [4.78, 5) is 13.0. The standard InChI is InChI=1S/C26H39N3O4S.H2/c1-5-20(4)25(27)26(31)28-23(16-21-12-8-6-9-13-21)24(30)18-29(17-19(2)3)34(32,33)22-14-10-7-11-15-22;/h6-15,19-20,23-25,30H,5,16-18,27H2,1-4H3,(H,28,31);1H/t20?,23-,24+,25-;/m0./s1. The smallest absolute Gasteiger partial charge is 0.243 e. The SMILES string of the molecule is CCC(C)[C@H](N)C(=O)N[C@@H](Cc1ccccc1)[C@H](O)CN(CC(C)C)S(=O)(=O)c1ccccc1.[HH]. The quantitative estimate of drug-likeness (QED) is 0.399. The largest absolute Gasteiger partial charge is 0.390 e. The van der Waals surface area contributed by atoms with Gasteiger partial charge in [0.15, 0.2) is 0 Å². The Morgan fingerprint density at radius 2 is 1.59 bits per heavy atom. The molecule has 0 heterocycles. The summed E-state index contributed by atoms with van der Waals surface area (Å²) in [5.74, 6) is -0.326. The van der Waals surface area contributed by atoms with Crippen LogP contribution in [0.4, 0.5) is 0 Å². The third kappa shape index (κ3) is 7.91. The van der Waals surface area contributed by atoms with Crippen molar-refractivity contribution in [2.75, 3.05) is 13.1 Å². The summed E-state index contributed by atoms with van der Waals surface area (Å²) in [5, 5.41) is 14.1. The summed E-state index contributed by atoms with van der Waals surface area (Å²) in [6.07, 6.45) is -0.0367. The first kappa shape index (κ1) is 28.0. The highest BCUT2D eigenvalue weighted by Gasteiger charge is 2.32. The van der Waals surface area contributed by atoms with Crippen molar-refractivity contribution in [3.63, 3.8) is 0 Å².